The number of amides is 1. The Morgan fingerprint density at radius 3 is 2.57 bits per heavy atom. The number of fused-ring (bicyclic) bond motifs is 1. The van der Waals surface area contributed by atoms with Crippen LogP contribution in [0.5, 0.6) is 5.75 Å². The molecule has 1 aliphatic rings. The molecule has 0 N–H and O–H groups in total. The lowest BCUT2D eigenvalue weighted by molar-refractivity contribution is 0.0751. The van der Waals surface area contributed by atoms with E-state index in [4.69, 9.17) is 4.74 Å². The molecule has 9 nitrogen and oxygen atoms in total. The van der Waals surface area contributed by atoms with Crippen molar-refractivity contribution < 1.29 is 9.53 Å². The number of thiophene rings is 1. The number of ether oxygens (including phenoxy) is 1. The van der Waals surface area contributed by atoms with Crippen LogP contribution in [0.3, 0.4) is 0 Å². The maximum absolute atomic E-state index is 12.6. The third-order valence-electron chi connectivity index (χ3n) is 5.13. The van der Waals surface area contributed by atoms with Crippen molar-refractivity contribution in [2.24, 2.45) is 0 Å². The van der Waals surface area contributed by atoms with Gasteiger partial charge < -0.3 is 14.5 Å². The molecule has 0 unspecified atom stereocenters. The summed E-state index contributed by atoms with van der Waals surface area (Å²) in [6.45, 7) is 2.63. The maximum atomic E-state index is 12.6. The fourth-order valence-electron chi connectivity index (χ4n) is 3.54. The van der Waals surface area contributed by atoms with Crippen LogP contribution < -0.4 is 9.64 Å². The van der Waals surface area contributed by atoms with Crippen LogP contribution in [0.25, 0.3) is 16.9 Å². The molecular formula is C20H19N7O2S. The van der Waals surface area contributed by atoms with Gasteiger partial charge in [-0.3, -0.25) is 4.79 Å². The molecule has 10 heteroatoms. The first kappa shape index (κ1) is 18.5. The van der Waals surface area contributed by atoms with E-state index in [9.17, 15) is 4.79 Å². The first-order valence-corrected chi connectivity index (χ1v) is 10.4. The zero-order chi connectivity index (χ0) is 20.5. The quantitative estimate of drug-likeness (QED) is 0.499. The Morgan fingerprint density at radius 1 is 1.07 bits per heavy atom. The van der Waals surface area contributed by atoms with Gasteiger partial charge in [-0.1, -0.05) is 11.3 Å². The number of anilines is 1. The van der Waals surface area contributed by atoms with Gasteiger partial charge in [-0.15, -0.1) is 16.4 Å². The topological polar surface area (TPSA) is 89.3 Å². The van der Waals surface area contributed by atoms with Crippen molar-refractivity contribution in [2.75, 3.05) is 38.2 Å². The highest BCUT2D eigenvalue weighted by atomic mass is 32.1. The zero-order valence-corrected chi connectivity index (χ0v) is 17.1. The molecule has 0 aliphatic carbocycles. The summed E-state index contributed by atoms with van der Waals surface area (Å²) in [6.07, 6.45) is 1.53. The summed E-state index contributed by atoms with van der Waals surface area (Å²) < 4.78 is 6.91. The minimum atomic E-state index is 0.0861. The van der Waals surface area contributed by atoms with Gasteiger partial charge in [0.2, 0.25) is 0 Å². The van der Waals surface area contributed by atoms with Crippen LogP contribution in [-0.2, 0) is 0 Å². The SMILES string of the molecule is COc1ccc(-n2nnc3c(N4CCN(C(=O)c5cccs5)CC4)ncnc32)cc1. The number of nitrogens with zero attached hydrogens (tertiary/aromatic N) is 7. The largest absolute Gasteiger partial charge is 0.497 e. The predicted molar refractivity (Wildman–Crippen MR) is 113 cm³/mol. The first-order valence-electron chi connectivity index (χ1n) is 9.53. The number of carbonyl (C=O) groups is 1. The predicted octanol–water partition coefficient (Wildman–Crippen LogP) is 2.24. The number of aromatic nitrogens is 5. The van der Waals surface area contributed by atoms with Crippen molar-refractivity contribution >= 4 is 34.2 Å². The van der Waals surface area contributed by atoms with Crippen LogP contribution in [0, 0.1) is 0 Å². The molecule has 30 heavy (non-hydrogen) atoms. The molecule has 4 aromatic rings. The molecule has 1 aromatic carbocycles. The molecule has 3 aromatic heterocycles. The highest BCUT2D eigenvalue weighted by Gasteiger charge is 2.25. The van der Waals surface area contributed by atoms with Crippen molar-refractivity contribution in [2.45, 2.75) is 0 Å². The first-order chi connectivity index (χ1) is 14.7. The number of hydrogen-bond donors (Lipinski definition) is 0. The van der Waals surface area contributed by atoms with Gasteiger partial charge in [-0.05, 0) is 35.7 Å². The van der Waals surface area contributed by atoms with Crippen LogP contribution in [0.15, 0.2) is 48.1 Å². The summed E-state index contributed by atoms with van der Waals surface area (Å²) in [5, 5.41) is 10.6. The summed E-state index contributed by atoms with van der Waals surface area (Å²) >= 11 is 1.47. The summed E-state index contributed by atoms with van der Waals surface area (Å²) in [4.78, 5) is 26.2. The van der Waals surface area contributed by atoms with Crippen LogP contribution in [-0.4, -0.2) is 69.1 Å². The normalized spacial score (nSPS) is 14.3. The standard InChI is InChI=1S/C20H19N7O2S/c1-29-15-6-4-14(5-7-15)27-19-17(23-24-27)18(21-13-22-19)25-8-10-26(11-9-25)20(28)16-3-2-12-30-16/h2-7,12-13H,8-11H2,1H3. The van der Waals surface area contributed by atoms with Crippen molar-refractivity contribution in [3.63, 3.8) is 0 Å². The van der Waals surface area contributed by atoms with Gasteiger partial charge >= 0.3 is 0 Å². The molecule has 0 atom stereocenters. The Kier molecular flexibility index (Phi) is 4.75. The van der Waals surface area contributed by atoms with Gasteiger partial charge in [0.25, 0.3) is 5.91 Å². The molecule has 1 aliphatic heterocycles. The van der Waals surface area contributed by atoms with Crippen LogP contribution in [0.1, 0.15) is 9.67 Å². The van der Waals surface area contributed by atoms with E-state index in [2.05, 4.69) is 25.2 Å². The second-order valence-corrected chi connectivity index (χ2v) is 7.77. The third kappa shape index (κ3) is 3.24. The van der Waals surface area contributed by atoms with E-state index < -0.39 is 0 Å². The molecule has 152 valence electrons. The van der Waals surface area contributed by atoms with Gasteiger partial charge in [0, 0.05) is 26.2 Å². The van der Waals surface area contributed by atoms with Crippen molar-refractivity contribution in [1.29, 1.82) is 0 Å². The molecule has 0 bridgehead atoms. The van der Waals surface area contributed by atoms with E-state index in [-0.39, 0.29) is 5.91 Å². The molecule has 1 amide bonds. The van der Waals surface area contributed by atoms with Crippen molar-refractivity contribution in [3.8, 4) is 11.4 Å². The van der Waals surface area contributed by atoms with E-state index >= 15 is 0 Å². The molecular weight excluding hydrogens is 402 g/mol. The summed E-state index contributed by atoms with van der Waals surface area (Å²) in [5.74, 6) is 1.60. The lowest BCUT2D eigenvalue weighted by Crippen LogP contribution is -2.49. The van der Waals surface area contributed by atoms with E-state index in [1.807, 2.05) is 46.7 Å². The Labute approximate surface area is 176 Å². The van der Waals surface area contributed by atoms with Gasteiger partial charge in [-0.25, -0.2) is 9.97 Å². The number of hydrogen-bond acceptors (Lipinski definition) is 8. The van der Waals surface area contributed by atoms with Crippen LogP contribution >= 0.6 is 11.3 Å². The number of rotatable bonds is 4. The summed E-state index contributed by atoms with van der Waals surface area (Å²) in [6, 6.07) is 11.3. The van der Waals surface area contributed by atoms with E-state index in [1.165, 1.54) is 17.7 Å². The fraction of sp³-hybridized carbons (Fsp3) is 0.250. The lowest BCUT2D eigenvalue weighted by atomic mass is 10.2. The van der Waals surface area contributed by atoms with Gasteiger partial charge in [-0.2, -0.15) is 4.68 Å². The third-order valence-corrected chi connectivity index (χ3v) is 5.99. The minimum Gasteiger partial charge on any atom is -0.497 e. The average molecular weight is 421 g/mol. The molecule has 0 saturated carbocycles. The van der Waals surface area contributed by atoms with E-state index in [0.29, 0.717) is 37.3 Å². The molecule has 5 rings (SSSR count). The molecule has 4 heterocycles. The van der Waals surface area contributed by atoms with Gasteiger partial charge in [0.05, 0.1) is 17.7 Å². The molecule has 0 radical (unpaired) electrons. The smallest absolute Gasteiger partial charge is 0.264 e. The van der Waals surface area contributed by atoms with Crippen molar-refractivity contribution in [1.82, 2.24) is 29.9 Å². The zero-order valence-electron chi connectivity index (χ0n) is 16.3. The fourth-order valence-corrected chi connectivity index (χ4v) is 4.23. The summed E-state index contributed by atoms with van der Waals surface area (Å²) in [7, 11) is 1.63. The number of piperazine rings is 1. The second-order valence-electron chi connectivity index (χ2n) is 6.83. The summed E-state index contributed by atoms with van der Waals surface area (Å²) in [5.41, 5.74) is 2.13. The lowest BCUT2D eigenvalue weighted by Gasteiger charge is -2.35. The Hall–Kier alpha value is -3.53. The number of carbonyl (C=O) groups excluding carboxylic acids is 1. The van der Waals surface area contributed by atoms with Crippen molar-refractivity contribution in [3.05, 3.63) is 53.0 Å². The highest BCUT2D eigenvalue weighted by molar-refractivity contribution is 7.12. The van der Waals surface area contributed by atoms with Gasteiger partial charge in [0.15, 0.2) is 17.0 Å². The average Bonchev–Trinajstić information content (AvgIpc) is 3.49. The highest BCUT2D eigenvalue weighted by Crippen LogP contribution is 2.25. The van der Waals surface area contributed by atoms with Crippen LogP contribution in [0.2, 0.25) is 0 Å². The molecule has 1 fully saturated rings. The Balaban J connectivity index is 1.38. The van der Waals surface area contributed by atoms with Crippen LogP contribution in [0.4, 0.5) is 5.82 Å². The van der Waals surface area contributed by atoms with Gasteiger partial charge in [0.1, 0.15) is 12.1 Å². The monoisotopic (exact) mass is 421 g/mol. The maximum Gasteiger partial charge on any atom is 0.264 e. The number of benzene rings is 1. The second kappa shape index (κ2) is 7.71. The minimum absolute atomic E-state index is 0.0861. The number of methoxy groups -OCH3 is 1. The Bertz CT molecular complexity index is 1170. The molecule has 0 spiro atoms. The Morgan fingerprint density at radius 2 is 1.87 bits per heavy atom. The van der Waals surface area contributed by atoms with E-state index in [0.717, 1.165) is 22.1 Å². The van der Waals surface area contributed by atoms with E-state index in [1.54, 1.807) is 11.8 Å². The molecule has 1 saturated heterocycles.